The van der Waals surface area contributed by atoms with Gasteiger partial charge in [0.2, 0.25) is 0 Å². The molecule has 176 valence electrons. The van der Waals surface area contributed by atoms with Crippen LogP contribution in [0.5, 0.6) is 5.75 Å². The SMILES string of the molecule is NCc1c(OCc2ccccc2)ccc2c(CCC3CCN(Cc4ccccc4)CC3)noc12. The molecule has 0 unspecified atom stereocenters. The van der Waals surface area contributed by atoms with Gasteiger partial charge < -0.3 is 15.0 Å². The first-order chi connectivity index (χ1) is 16.8. The maximum absolute atomic E-state index is 6.08. The number of piperidine rings is 1. The van der Waals surface area contributed by atoms with E-state index in [2.05, 4.69) is 58.6 Å². The third kappa shape index (κ3) is 5.32. The van der Waals surface area contributed by atoms with Crippen LogP contribution in [0.25, 0.3) is 11.0 Å². The highest BCUT2D eigenvalue weighted by atomic mass is 16.5. The summed E-state index contributed by atoms with van der Waals surface area (Å²) in [6, 6.07) is 25.0. The van der Waals surface area contributed by atoms with Crippen LogP contribution in [-0.4, -0.2) is 23.1 Å². The Hall–Kier alpha value is -3.15. The highest BCUT2D eigenvalue weighted by Crippen LogP contribution is 2.32. The molecule has 5 heteroatoms. The Morgan fingerprint density at radius 1 is 0.912 bits per heavy atom. The topological polar surface area (TPSA) is 64.5 Å². The molecule has 2 heterocycles. The van der Waals surface area contributed by atoms with Gasteiger partial charge in [0, 0.05) is 18.5 Å². The fraction of sp³-hybridized carbons (Fsp3) is 0.345. The van der Waals surface area contributed by atoms with Crippen molar-refractivity contribution < 1.29 is 9.26 Å². The van der Waals surface area contributed by atoms with E-state index >= 15 is 0 Å². The summed E-state index contributed by atoms with van der Waals surface area (Å²) in [4.78, 5) is 2.57. The zero-order chi connectivity index (χ0) is 23.2. The van der Waals surface area contributed by atoms with Gasteiger partial charge in [-0.1, -0.05) is 65.8 Å². The van der Waals surface area contributed by atoms with Crippen molar-refractivity contribution in [2.45, 2.75) is 45.4 Å². The Kier molecular flexibility index (Phi) is 7.22. The molecule has 5 nitrogen and oxygen atoms in total. The van der Waals surface area contributed by atoms with Gasteiger partial charge in [-0.25, -0.2) is 0 Å². The summed E-state index contributed by atoms with van der Waals surface area (Å²) in [6.45, 7) is 4.24. The highest BCUT2D eigenvalue weighted by molar-refractivity contribution is 5.84. The number of benzene rings is 3. The zero-order valence-corrected chi connectivity index (χ0v) is 19.7. The summed E-state index contributed by atoms with van der Waals surface area (Å²) in [5.41, 5.74) is 11.3. The van der Waals surface area contributed by atoms with Crippen molar-refractivity contribution in [1.82, 2.24) is 10.1 Å². The second-order valence-corrected chi connectivity index (χ2v) is 9.27. The van der Waals surface area contributed by atoms with Gasteiger partial charge >= 0.3 is 0 Å². The van der Waals surface area contributed by atoms with Crippen molar-refractivity contribution in [3.05, 3.63) is 95.2 Å². The fourth-order valence-electron chi connectivity index (χ4n) is 4.95. The molecule has 0 saturated carbocycles. The van der Waals surface area contributed by atoms with Crippen molar-refractivity contribution in [3.8, 4) is 5.75 Å². The van der Waals surface area contributed by atoms with Gasteiger partial charge in [0.05, 0.1) is 11.3 Å². The Labute approximate surface area is 201 Å². The molecule has 1 aliphatic heterocycles. The van der Waals surface area contributed by atoms with E-state index in [9.17, 15) is 0 Å². The first-order valence-corrected chi connectivity index (χ1v) is 12.3. The predicted molar refractivity (Wildman–Crippen MR) is 135 cm³/mol. The van der Waals surface area contributed by atoms with E-state index in [4.69, 9.17) is 15.0 Å². The molecule has 1 saturated heterocycles. The Morgan fingerprint density at radius 2 is 1.62 bits per heavy atom. The summed E-state index contributed by atoms with van der Waals surface area (Å²) in [5.74, 6) is 1.51. The minimum atomic E-state index is 0.357. The maximum atomic E-state index is 6.08. The normalized spacial score (nSPS) is 15.1. The van der Waals surface area contributed by atoms with Crippen LogP contribution in [0.3, 0.4) is 0 Å². The first kappa shape index (κ1) is 22.6. The van der Waals surface area contributed by atoms with Gasteiger partial charge in [-0.15, -0.1) is 0 Å². The molecule has 34 heavy (non-hydrogen) atoms. The van der Waals surface area contributed by atoms with E-state index in [1.165, 1.54) is 31.5 Å². The van der Waals surface area contributed by atoms with Gasteiger partial charge in [-0.2, -0.15) is 0 Å². The smallest absolute Gasteiger partial charge is 0.175 e. The van der Waals surface area contributed by atoms with Gasteiger partial charge in [0.25, 0.3) is 0 Å². The summed E-state index contributed by atoms with van der Waals surface area (Å²) in [7, 11) is 0. The lowest BCUT2D eigenvalue weighted by Crippen LogP contribution is -2.33. The molecule has 1 aromatic heterocycles. The van der Waals surface area contributed by atoms with E-state index in [1.54, 1.807) is 0 Å². The van der Waals surface area contributed by atoms with Crippen molar-refractivity contribution in [2.24, 2.45) is 11.7 Å². The van der Waals surface area contributed by atoms with Crippen molar-refractivity contribution >= 4 is 11.0 Å². The van der Waals surface area contributed by atoms with Gasteiger partial charge in [-0.3, -0.25) is 4.90 Å². The third-order valence-corrected chi connectivity index (χ3v) is 6.96. The van der Waals surface area contributed by atoms with Crippen LogP contribution < -0.4 is 10.5 Å². The van der Waals surface area contributed by atoms with Crippen LogP contribution in [0.1, 0.15) is 41.6 Å². The van der Waals surface area contributed by atoms with Crippen LogP contribution in [0.4, 0.5) is 0 Å². The average molecular weight is 456 g/mol. The van der Waals surface area contributed by atoms with E-state index in [0.717, 1.165) is 58.8 Å². The van der Waals surface area contributed by atoms with Crippen molar-refractivity contribution in [1.29, 1.82) is 0 Å². The van der Waals surface area contributed by atoms with Crippen LogP contribution >= 0.6 is 0 Å². The van der Waals surface area contributed by atoms with Gasteiger partial charge in [0.1, 0.15) is 12.4 Å². The second kappa shape index (κ2) is 10.9. The minimum absolute atomic E-state index is 0.357. The highest BCUT2D eigenvalue weighted by Gasteiger charge is 2.21. The molecule has 2 N–H and O–H groups in total. The van der Waals surface area contributed by atoms with E-state index in [0.29, 0.717) is 13.2 Å². The van der Waals surface area contributed by atoms with Crippen LogP contribution in [0.15, 0.2) is 77.3 Å². The summed E-state index contributed by atoms with van der Waals surface area (Å²) in [5, 5.41) is 5.49. The lowest BCUT2D eigenvalue weighted by Gasteiger charge is -2.31. The second-order valence-electron chi connectivity index (χ2n) is 9.27. The lowest BCUT2D eigenvalue weighted by molar-refractivity contribution is 0.172. The molecule has 0 radical (unpaired) electrons. The van der Waals surface area contributed by atoms with Gasteiger partial charge in [-0.05, 0) is 68.0 Å². The van der Waals surface area contributed by atoms with Crippen molar-refractivity contribution in [3.63, 3.8) is 0 Å². The van der Waals surface area contributed by atoms with E-state index < -0.39 is 0 Å². The molecule has 0 atom stereocenters. The predicted octanol–water partition coefficient (Wildman–Crippen LogP) is 5.71. The van der Waals surface area contributed by atoms with E-state index in [1.807, 2.05) is 24.3 Å². The Morgan fingerprint density at radius 3 is 2.32 bits per heavy atom. The molecule has 5 rings (SSSR count). The number of aromatic nitrogens is 1. The molecule has 0 amide bonds. The van der Waals surface area contributed by atoms with Crippen LogP contribution in [-0.2, 0) is 26.1 Å². The van der Waals surface area contributed by atoms with E-state index in [-0.39, 0.29) is 0 Å². The number of nitrogens with two attached hydrogens (primary N) is 1. The molecule has 1 aliphatic rings. The number of hydrogen-bond acceptors (Lipinski definition) is 5. The minimum Gasteiger partial charge on any atom is -0.488 e. The third-order valence-electron chi connectivity index (χ3n) is 6.96. The Balaban J connectivity index is 1.18. The number of nitrogens with zero attached hydrogens (tertiary/aromatic N) is 2. The summed E-state index contributed by atoms with van der Waals surface area (Å²) >= 11 is 0. The number of fused-ring (bicyclic) bond motifs is 1. The number of likely N-dealkylation sites (tertiary alicyclic amines) is 1. The number of hydrogen-bond donors (Lipinski definition) is 1. The zero-order valence-electron chi connectivity index (χ0n) is 19.7. The number of aryl methyl sites for hydroxylation is 1. The average Bonchev–Trinajstić information content (AvgIpc) is 3.31. The fourth-order valence-corrected chi connectivity index (χ4v) is 4.95. The summed E-state index contributed by atoms with van der Waals surface area (Å²) < 4.78 is 11.8. The monoisotopic (exact) mass is 455 g/mol. The molecule has 0 aliphatic carbocycles. The quantitative estimate of drug-likeness (QED) is 0.350. The van der Waals surface area contributed by atoms with Crippen LogP contribution in [0.2, 0.25) is 0 Å². The molecular formula is C29H33N3O2. The molecule has 1 fully saturated rings. The molecule has 4 aromatic rings. The standard InChI is InChI=1S/C29H33N3O2/c30-19-26-28(33-21-24-9-5-2-6-10-24)14-12-25-27(31-34-29(25)26)13-11-22-15-17-32(18-16-22)20-23-7-3-1-4-8-23/h1-10,12,14,22H,11,13,15-21,30H2. The van der Waals surface area contributed by atoms with Gasteiger partial charge in [0.15, 0.2) is 5.58 Å². The largest absolute Gasteiger partial charge is 0.488 e. The Bertz CT molecular complexity index is 1180. The molecule has 0 spiro atoms. The number of rotatable bonds is 9. The summed E-state index contributed by atoms with van der Waals surface area (Å²) in [6.07, 6.45) is 4.57. The van der Waals surface area contributed by atoms with Crippen molar-refractivity contribution in [2.75, 3.05) is 13.1 Å². The molecule has 0 bridgehead atoms. The number of ether oxygens (including phenoxy) is 1. The first-order valence-electron chi connectivity index (χ1n) is 12.3. The molecule has 3 aromatic carbocycles. The maximum Gasteiger partial charge on any atom is 0.175 e. The molecular weight excluding hydrogens is 422 g/mol. The lowest BCUT2D eigenvalue weighted by atomic mass is 9.91. The van der Waals surface area contributed by atoms with Crippen LogP contribution in [0, 0.1) is 5.92 Å².